The third-order valence-electron chi connectivity index (χ3n) is 5.21. The third kappa shape index (κ3) is 9.88. The lowest BCUT2D eigenvalue weighted by Gasteiger charge is -2.10. The lowest BCUT2D eigenvalue weighted by Crippen LogP contribution is -2.07. The van der Waals surface area contributed by atoms with Gasteiger partial charge in [-0.05, 0) is 73.4 Å². The van der Waals surface area contributed by atoms with E-state index in [1.165, 1.54) is 23.9 Å². The number of hydrogen-bond donors (Lipinski definition) is 2. The topological polar surface area (TPSA) is 93.1 Å². The number of ether oxygens (including phenoxy) is 2. The number of hydrogen-bond acceptors (Lipinski definition) is 5. The van der Waals surface area contributed by atoms with E-state index in [1.54, 1.807) is 12.1 Å². The van der Waals surface area contributed by atoms with Crippen LogP contribution < -0.4 is 9.47 Å². The highest BCUT2D eigenvalue weighted by Gasteiger charge is 2.12. The summed E-state index contributed by atoms with van der Waals surface area (Å²) in [6.07, 6.45) is 6.33. The Labute approximate surface area is 215 Å². The Morgan fingerprint density at radius 3 is 2.00 bits per heavy atom. The van der Waals surface area contributed by atoms with Crippen molar-refractivity contribution < 1.29 is 29.3 Å². The number of benzene rings is 3. The summed E-state index contributed by atoms with van der Waals surface area (Å²) in [5.74, 6) is -0.174. The van der Waals surface area contributed by atoms with Crippen LogP contribution in [0.4, 0.5) is 0 Å². The lowest BCUT2D eigenvalue weighted by atomic mass is 10.1. The summed E-state index contributed by atoms with van der Waals surface area (Å²) < 4.78 is 11.5. The minimum atomic E-state index is -0.988. The molecule has 0 saturated heterocycles. The van der Waals surface area contributed by atoms with Crippen LogP contribution in [-0.4, -0.2) is 40.6 Å². The second-order valence-corrected chi connectivity index (χ2v) is 9.39. The van der Waals surface area contributed by atoms with Gasteiger partial charge in [-0.15, -0.1) is 11.8 Å². The first-order valence-electron chi connectivity index (χ1n) is 11.8. The van der Waals surface area contributed by atoms with Crippen molar-refractivity contribution in [1.29, 1.82) is 0 Å². The second kappa shape index (κ2) is 14.6. The molecule has 0 aliphatic heterocycles. The molecule has 0 saturated carbocycles. The Kier molecular flexibility index (Phi) is 10.9. The first kappa shape index (κ1) is 26.9. The maximum Gasteiger partial charge on any atom is 0.335 e. The van der Waals surface area contributed by atoms with Crippen molar-refractivity contribution in [2.45, 2.75) is 35.8 Å². The SMILES string of the molecule is O=C(O)CC(/C=C\Cc1ccc(OCCCCOc2ccccc2)cc1)Sc1ccc(C(=O)O)cc1. The molecule has 3 rings (SSSR count). The van der Waals surface area contributed by atoms with Gasteiger partial charge in [-0.3, -0.25) is 4.79 Å². The first-order chi connectivity index (χ1) is 17.5. The van der Waals surface area contributed by atoms with Crippen molar-refractivity contribution in [1.82, 2.24) is 0 Å². The number of carboxylic acid groups (broad SMARTS) is 2. The zero-order valence-electron chi connectivity index (χ0n) is 19.9. The van der Waals surface area contributed by atoms with Crippen LogP contribution in [0.1, 0.15) is 35.2 Å². The van der Waals surface area contributed by atoms with Crippen LogP contribution in [0.2, 0.25) is 0 Å². The van der Waals surface area contributed by atoms with Gasteiger partial charge in [-0.25, -0.2) is 4.79 Å². The van der Waals surface area contributed by atoms with Crippen molar-refractivity contribution in [2.24, 2.45) is 0 Å². The van der Waals surface area contributed by atoms with Gasteiger partial charge in [0.1, 0.15) is 11.5 Å². The van der Waals surface area contributed by atoms with Gasteiger partial charge in [0.15, 0.2) is 0 Å². The van der Waals surface area contributed by atoms with E-state index in [0.717, 1.165) is 34.8 Å². The molecule has 188 valence electrons. The fraction of sp³-hybridized carbons (Fsp3) is 0.241. The number of aromatic carboxylic acids is 1. The molecule has 3 aromatic carbocycles. The largest absolute Gasteiger partial charge is 0.494 e. The van der Waals surface area contributed by atoms with Crippen molar-refractivity contribution in [3.8, 4) is 11.5 Å². The molecule has 0 spiro atoms. The van der Waals surface area contributed by atoms with Gasteiger partial charge in [-0.2, -0.15) is 0 Å². The molecule has 1 atom stereocenters. The van der Waals surface area contributed by atoms with E-state index in [9.17, 15) is 14.7 Å². The standard InChI is InChI=1S/C29H30O6S/c30-28(31)21-27(36-26-17-13-23(14-18-26)29(32)33)10-6-7-22-11-15-25(16-12-22)35-20-5-4-19-34-24-8-2-1-3-9-24/h1-3,6,8-18,27H,4-5,7,19-21H2,(H,30,31)(H,32,33)/b10-6-. The number of unbranched alkanes of at least 4 members (excludes halogenated alkanes) is 1. The van der Waals surface area contributed by atoms with E-state index in [-0.39, 0.29) is 17.2 Å². The second-order valence-electron chi connectivity index (χ2n) is 8.08. The number of para-hydroxylation sites is 1. The van der Waals surface area contributed by atoms with Crippen LogP contribution in [-0.2, 0) is 11.2 Å². The van der Waals surface area contributed by atoms with Gasteiger partial charge >= 0.3 is 11.9 Å². The summed E-state index contributed by atoms with van der Waals surface area (Å²) in [7, 11) is 0. The molecule has 3 aromatic rings. The van der Waals surface area contributed by atoms with Crippen molar-refractivity contribution in [3.05, 3.63) is 102 Å². The Balaban J connectivity index is 1.40. The summed E-state index contributed by atoms with van der Waals surface area (Å²) in [6, 6.07) is 24.1. The molecule has 7 heteroatoms. The van der Waals surface area contributed by atoms with Gasteiger partial charge in [0.25, 0.3) is 0 Å². The minimum Gasteiger partial charge on any atom is -0.494 e. The summed E-state index contributed by atoms with van der Waals surface area (Å²) in [5.41, 5.74) is 1.30. The fourth-order valence-electron chi connectivity index (χ4n) is 3.35. The van der Waals surface area contributed by atoms with Crippen LogP contribution >= 0.6 is 11.8 Å². The summed E-state index contributed by atoms with van der Waals surface area (Å²) in [5, 5.41) is 18.0. The Morgan fingerprint density at radius 2 is 1.42 bits per heavy atom. The molecule has 0 radical (unpaired) electrons. The minimum absolute atomic E-state index is 0.0228. The van der Waals surface area contributed by atoms with E-state index in [0.29, 0.717) is 19.6 Å². The number of allylic oxidation sites excluding steroid dienone is 1. The van der Waals surface area contributed by atoms with E-state index in [2.05, 4.69) is 0 Å². The number of carboxylic acids is 2. The van der Waals surface area contributed by atoms with E-state index in [4.69, 9.17) is 14.6 Å². The van der Waals surface area contributed by atoms with E-state index in [1.807, 2.05) is 66.7 Å². The molecule has 2 N–H and O–H groups in total. The molecule has 0 aliphatic rings. The van der Waals surface area contributed by atoms with Crippen LogP contribution in [0.3, 0.4) is 0 Å². The van der Waals surface area contributed by atoms with Gasteiger partial charge in [0, 0.05) is 10.1 Å². The summed E-state index contributed by atoms with van der Waals surface area (Å²) in [6.45, 7) is 1.28. The molecule has 0 fully saturated rings. The van der Waals surface area contributed by atoms with Crippen LogP contribution in [0.15, 0.2) is 95.9 Å². The molecule has 0 aromatic heterocycles. The van der Waals surface area contributed by atoms with Gasteiger partial charge in [-0.1, -0.05) is 42.5 Å². The quantitative estimate of drug-likeness (QED) is 0.141. The predicted octanol–water partition coefficient (Wildman–Crippen LogP) is 6.36. The number of thioether (sulfide) groups is 1. The average molecular weight is 507 g/mol. The zero-order chi connectivity index (χ0) is 25.6. The highest BCUT2D eigenvalue weighted by atomic mass is 32.2. The fourth-order valence-corrected chi connectivity index (χ4v) is 4.41. The third-order valence-corrected chi connectivity index (χ3v) is 6.38. The Hall–Kier alpha value is -3.71. The molecular formula is C29H30O6S. The van der Waals surface area contributed by atoms with Crippen LogP contribution in [0.25, 0.3) is 0 Å². The van der Waals surface area contributed by atoms with E-state index < -0.39 is 11.9 Å². The molecule has 0 aliphatic carbocycles. The van der Waals surface area contributed by atoms with Crippen molar-refractivity contribution in [3.63, 3.8) is 0 Å². The molecule has 36 heavy (non-hydrogen) atoms. The highest BCUT2D eigenvalue weighted by Crippen LogP contribution is 2.27. The number of rotatable bonds is 15. The molecular weight excluding hydrogens is 476 g/mol. The average Bonchev–Trinajstić information content (AvgIpc) is 2.87. The van der Waals surface area contributed by atoms with E-state index >= 15 is 0 Å². The number of aliphatic carboxylic acids is 1. The Morgan fingerprint density at radius 1 is 0.806 bits per heavy atom. The van der Waals surface area contributed by atoms with Gasteiger partial charge < -0.3 is 19.7 Å². The Bertz CT molecular complexity index is 1110. The van der Waals surface area contributed by atoms with Gasteiger partial charge in [0.2, 0.25) is 0 Å². The zero-order valence-corrected chi connectivity index (χ0v) is 20.7. The molecule has 0 bridgehead atoms. The normalized spacial score (nSPS) is 11.8. The monoisotopic (exact) mass is 506 g/mol. The molecule has 0 amide bonds. The number of carbonyl (C=O) groups is 2. The predicted molar refractivity (Wildman–Crippen MR) is 141 cm³/mol. The molecule has 6 nitrogen and oxygen atoms in total. The van der Waals surface area contributed by atoms with Crippen molar-refractivity contribution in [2.75, 3.05) is 13.2 Å². The summed E-state index contributed by atoms with van der Waals surface area (Å²) in [4.78, 5) is 23.1. The molecule has 0 heterocycles. The maximum atomic E-state index is 11.3. The van der Waals surface area contributed by atoms with Crippen LogP contribution in [0.5, 0.6) is 11.5 Å². The summed E-state index contributed by atoms with van der Waals surface area (Å²) >= 11 is 1.40. The highest BCUT2D eigenvalue weighted by molar-refractivity contribution is 8.00. The van der Waals surface area contributed by atoms with Gasteiger partial charge in [0.05, 0.1) is 25.2 Å². The maximum absolute atomic E-state index is 11.3. The van der Waals surface area contributed by atoms with Crippen LogP contribution in [0, 0.1) is 0 Å². The first-order valence-corrected chi connectivity index (χ1v) is 12.7. The molecule has 1 unspecified atom stereocenters. The van der Waals surface area contributed by atoms with Crippen molar-refractivity contribution >= 4 is 23.7 Å². The lowest BCUT2D eigenvalue weighted by molar-refractivity contribution is -0.136. The smallest absolute Gasteiger partial charge is 0.335 e.